The summed E-state index contributed by atoms with van der Waals surface area (Å²) in [7, 11) is 0. The molecule has 37 heavy (non-hydrogen) atoms. The predicted molar refractivity (Wildman–Crippen MR) is 146 cm³/mol. The molecule has 0 aromatic heterocycles. The molecule has 3 N–H and O–H groups in total. The first-order valence-electron chi connectivity index (χ1n) is 12.6. The lowest BCUT2D eigenvalue weighted by molar-refractivity contribution is -0.145. The van der Waals surface area contributed by atoms with E-state index >= 15 is 0 Å². The lowest BCUT2D eigenvalue weighted by atomic mass is 10.0. The molecule has 7 heteroatoms. The zero-order valence-electron chi connectivity index (χ0n) is 21.8. The number of carbonyl (C=O) groups is 2. The van der Waals surface area contributed by atoms with E-state index in [0.717, 1.165) is 41.0 Å². The molecule has 0 bridgehead atoms. The fourth-order valence-corrected chi connectivity index (χ4v) is 3.64. The summed E-state index contributed by atoms with van der Waals surface area (Å²) in [4.78, 5) is 23.5. The minimum Gasteiger partial charge on any atom is -0.457 e. The Kier molecular flexibility index (Phi) is 12.9. The van der Waals surface area contributed by atoms with Crippen molar-refractivity contribution in [3.63, 3.8) is 0 Å². The minimum absolute atomic E-state index is 0.372. The molecule has 0 radical (unpaired) electrons. The molecule has 0 saturated carbocycles. The lowest BCUT2D eigenvalue weighted by Crippen LogP contribution is -2.44. The molecule has 0 fully saturated rings. The third-order valence-electron chi connectivity index (χ3n) is 5.52. The van der Waals surface area contributed by atoms with Gasteiger partial charge in [-0.3, -0.25) is 9.59 Å². The summed E-state index contributed by atoms with van der Waals surface area (Å²) < 4.78 is 6.00. The Bertz CT molecular complexity index is 1060. The maximum Gasteiger partial charge on any atom is 0.254 e. The van der Waals surface area contributed by atoms with Crippen LogP contribution in [-0.4, -0.2) is 52.7 Å². The zero-order chi connectivity index (χ0) is 27.0. The highest BCUT2D eigenvalue weighted by Gasteiger charge is 2.24. The average Bonchev–Trinajstić information content (AvgIpc) is 2.92. The number of rotatable bonds is 12. The van der Waals surface area contributed by atoms with E-state index in [-0.39, 0.29) is 5.91 Å². The van der Waals surface area contributed by atoms with Crippen LogP contribution < -0.4 is 10.1 Å². The molecule has 7 nitrogen and oxygen atoms in total. The number of nitrogens with one attached hydrogen (secondary N) is 1. The Hall–Kier alpha value is -3.68. The van der Waals surface area contributed by atoms with E-state index in [9.17, 15) is 14.7 Å². The fourth-order valence-electron chi connectivity index (χ4n) is 3.64. The molecule has 0 saturated heterocycles. The standard InChI is InChI=1S/C20H17NO2.C10H21NO3/c22-15-21-14-16-10-12-17(13-11-16)19-8-4-5-9-20(19)23-18-6-2-1-3-7-18;1-4-6-11(7-5-2)10(14)9(13)8(3)12/h1-13,15H,14H2,(H,21,22);8-9,12-13H,4-7H2,1-3H3/t;8-,9+/m.0/s1. The van der Waals surface area contributed by atoms with Gasteiger partial charge in [0.1, 0.15) is 11.5 Å². The molecular formula is C30H38N2O5. The average molecular weight is 507 g/mol. The number of aliphatic hydroxyl groups is 2. The van der Waals surface area contributed by atoms with Gasteiger partial charge in [-0.2, -0.15) is 0 Å². The molecule has 0 aliphatic heterocycles. The second-order valence-electron chi connectivity index (χ2n) is 8.62. The van der Waals surface area contributed by atoms with Crippen LogP contribution >= 0.6 is 0 Å². The van der Waals surface area contributed by atoms with Gasteiger partial charge in [-0.1, -0.05) is 74.5 Å². The van der Waals surface area contributed by atoms with Crippen molar-refractivity contribution in [2.75, 3.05) is 13.1 Å². The summed E-state index contributed by atoms with van der Waals surface area (Å²) in [6, 6.07) is 25.8. The van der Waals surface area contributed by atoms with Crippen molar-refractivity contribution in [3.8, 4) is 22.6 Å². The number of para-hydroxylation sites is 2. The van der Waals surface area contributed by atoms with Crippen molar-refractivity contribution in [1.82, 2.24) is 10.2 Å². The Morgan fingerprint density at radius 2 is 1.51 bits per heavy atom. The zero-order valence-corrected chi connectivity index (χ0v) is 21.8. The van der Waals surface area contributed by atoms with Gasteiger partial charge in [0.15, 0.2) is 6.10 Å². The first-order valence-corrected chi connectivity index (χ1v) is 12.6. The van der Waals surface area contributed by atoms with Gasteiger partial charge in [-0.05, 0) is 49.1 Å². The number of hydrogen-bond acceptors (Lipinski definition) is 5. The quantitative estimate of drug-likeness (QED) is 0.308. The van der Waals surface area contributed by atoms with Gasteiger partial charge in [-0.15, -0.1) is 0 Å². The summed E-state index contributed by atoms with van der Waals surface area (Å²) in [5.41, 5.74) is 3.17. The molecule has 0 heterocycles. The first-order chi connectivity index (χ1) is 17.9. The van der Waals surface area contributed by atoms with E-state index < -0.39 is 12.2 Å². The van der Waals surface area contributed by atoms with Gasteiger partial charge in [-0.25, -0.2) is 0 Å². The molecule has 3 aromatic rings. The topological polar surface area (TPSA) is 99.1 Å². The summed E-state index contributed by atoms with van der Waals surface area (Å²) in [6.07, 6.45) is 0.139. The smallest absolute Gasteiger partial charge is 0.254 e. The summed E-state index contributed by atoms with van der Waals surface area (Å²) in [5.74, 6) is 1.26. The van der Waals surface area contributed by atoms with Crippen LogP contribution in [0.25, 0.3) is 11.1 Å². The molecule has 2 atom stereocenters. The normalized spacial score (nSPS) is 11.9. The van der Waals surface area contributed by atoms with Gasteiger partial charge in [0.25, 0.3) is 5.91 Å². The van der Waals surface area contributed by atoms with E-state index in [2.05, 4.69) is 5.32 Å². The third kappa shape index (κ3) is 9.71. The van der Waals surface area contributed by atoms with Crippen LogP contribution in [0.1, 0.15) is 39.2 Å². The molecule has 0 aliphatic carbocycles. The van der Waals surface area contributed by atoms with Crippen molar-refractivity contribution in [1.29, 1.82) is 0 Å². The molecule has 3 rings (SSSR count). The Balaban J connectivity index is 0.000000298. The summed E-state index contributed by atoms with van der Waals surface area (Å²) in [6.45, 7) is 7.17. The van der Waals surface area contributed by atoms with Crippen molar-refractivity contribution in [2.45, 2.75) is 52.4 Å². The number of nitrogens with zero attached hydrogens (tertiary/aromatic N) is 1. The molecule has 3 aromatic carbocycles. The highest BCUT2D eigenvalue weighted by molar-refractivity contribution is 5.81. The SMILES string of the molecule is CCCN(CCC)C(=O)[C@H](O)[C@H](C)O.O=CNCc1ccc(-c2ccccc2Oc2ccccc2)cc1. The molecular weight excluding hydrogens is 468 g/mol. The maximum absolute atomic E-state index is 11.6. The number of carbonyl (C=O) groups excluding carboxylic acids is 2. The van der Waals surface area contributed by atoms with E-state index in [4.69, 9.17) is 9.84 Å². The number of amides is 2. The molecule has 0 aliphatic rings. The second-order valence-corrected chi connectivity index (χ2v) is 8.62. The van der Waals surface area contributed by atoms with Crippen LogP contribution in [-0.2, 0) is 16.1 Å². The van der Waals surface area contributed by atoms with Crippen LogP contribution in [0.5, 0.6) is 11.5 Å². The second kappa shape index (κ2) is 16.1. The third-order valence-corrected chi connectivity index (χ3v) is 5.52. The molecule has 0 unspecified atom stereocenters. The monoisotopic (exact) mass is 506 g/mol. The van der Waals surface area contributed by atoms with Crippen LogP contribution in [0.4, 0.5) is 0 Å². The Morgan fingerprint density at radius 1 is 0.919 bits per heavy atom. The minimum atomic E-state index is -1.28. The Morgan fingerprint density at radius 3 is 2.08 bits per heavy atom. The Labute approximate surface area is 219 Å². The van der Waals surface area contributed by atoms with Crippen LogP contribution in [0.15, 0.2) is 78.9 Å². The number of ether oxygens (including phenoxy) is 1. The van der Waals surface area contributed by atoms with Gasteiger partial charge in [0, 0.05) is 25.2 Å². The van der Waals surface area contributed by atoms with Crippen molar-refractivity contribution in [3.05, 3.63) is 84.4 Å². The van der Waals surface area contributed by atoms with Gasteiger partial charge in [0.2, 0.25) is 6.41 Å². The van der Waals surface area contributed by atoms with Crippen molar-refractivity contribution < 1.29 is 24.5 Å². The van der Waals surface area contributed by atoms with Crippen LogP contribution in [0, 0.1) is 0 Å². The predicted octanol–water partition coefficient (Wildman–Crippen LogP) is 4.77. The van der Waals surface area contributed by atoms with E-state index in [0.29, 0.717) is 26.0 Å². The maximum atomic E-state index is 11.6. The highest BCUT2D eigenvalue weighted by atomic mass is 16.5. The number of benzene rings is 3. The van der Waals surface area contributed by atoms with Gasteiger partial charge < -0.3 is 25.2 Å². The van der Waals surface area contributed by atoms with Crippen molar-refractivity contribution >= 4 is 12.3 Å². The van der Waals surface area contributed by atoms with E-state index in [1.165, 1.54) is 6.92 Å². The molecule has 2 amide bonds. The largest absolute Gasteiger partial charge is 0.457 e. The van der Waals surface area contributed by atoms with Gasteiger partial charge >= 0.3 is 0 Å². The number of aliphatic hydroxyl groups excluding tert-OH is 2. The van der Waals surface area contributed by atoms with Gasteiger partial charge in [0.05, 0.1) is 6.10 Å². The molecule has 0 spiro atoms. The van der Waals surface area contributed by atoms with E-state index in [1.807, 2.05) is 92.7 Å². The summed E-state index contributed by atoms with van der Waals surface area (Å²) >= 11 is 0. The number of hydrogen-bond donors (Lipinski definition) is 3. The van der Waals surface area contributed by atoms with Crippen molar-refractivity contribution in [2.24, 2.45) is 0 Å². The molecule has 198 valence electrons. The lowest BCUT2D eigenvalue weighted by Gasteiger charge is -2.25. The van der Waals surface area contributed by atoms with Crippen LogP contribution in [0.3, 0.4) is 0 Å². The summed E-state index contributed by atoms with van der Waals surface area (Å²) in [5, 5.41) is 21.1. The van der Waals surface area contributed by atoms with E-state index in [1.54, 1.807) is 4.90 Å². The fraction of sp³-hybridized carbons (Fsp3) is 0.333. The highest BCUT2D eigenvalue weighted by Crippen LogP contribution is 2.33. The first kappa shape index (κ1) is 29.5. The van der Waals surface area contributed by atoms with Crippen LogP contribution in [0.2, 0.25) is 0 Å².